The van der Waals surface area contributed by atoms with Crippen LogP contribution in [0.3, 0.4) is 0 Å². The third kappa shape index (κ3) is 3.77. The van der Waals surface area contributed by atoms with E-state index in [4.69, 9.17) is 5.73 Å². The van der Waals surface area contributed by atoms with Crippen molar-refractivity contribution in [2.75, 3.05) is 11.9 Å². The number of aromatic nitrogens is 1. The van der Waals surface area contributed by atoms with Crippen molar-refractivity contribution >= 4 is 17.0 Å². The van der Waals surface area contributed by atoms with E-state index in [0.29, 0.717) is 13.0 Å². The van der Waals surface area contributed by atoms with E-state index in [1.807, 2.05) is 27.0 Å². The predicted octanol–water partition coefficient (Wildman–Crippen LogP) is 3.12. The van der Waals surface area contributed by atoms with Gasteiger partial charge in [0.05, 0.1) is 17.2 Å². The average Bonchev–Trinajstić information content (AvgIpc) is 2.73. The predicted molar refractivity (Wildman–Crippen MR) is 82.7 cm³/mol. The number of rotatable bonds is 5. The van der Waals surface area contributed by atoms with Crippen molar-refractivity contribution in [2.24, 2.45) is 5.73 Å². The number of nitrogens with zero attached hydrogens (tertiary/aromatic N) is 2. The summed E-state index contributed by atoms with van der Waals surface area (Å²) in [5.74, 6) is -0.220. The molecule has 0 fully saturated rings. The Morgan fingerprint density at radius 2 is 2.20 bits per heavy atom. The molecule has 0 aliphatic heterocycles. The van der Waals surface area contributed by atoms with Gasteiger partial charge in [-0.2, -0.15) is 0 Å². The van der Waals surface area contributed by atoms with Gasteiger partial charge >= 0.3 is 0 Å². The first-order chi connectivity index (χ1) is 9.45. The normalized spacial score (nSPS) is 12.4. The van der Waals surface area contributed by atoms with E-state index in [2.05, 4.69) is 15.3 Å². The van der Waals surface area contributed by atoms with Gasteiger partial charge in [0.25, 0.3) is 0 Å². The van der Waals surface area contributed by atoms with E-state index in [1.165, 1.54) is 6.07 Å². The Hall–Kier alpha value is -1.46. The largest absolute Gasteiger partial charge is 0.368 e. The minimum Gasteiger partial charge on any atom is -0.368 e. The quantitative estimate of drug-likeness (QED) is 0.921. The third-order valence-electron chi connectivity index (χ3n) is 3.06. The fourth-order valence-electron chi connectivity index (χ4n) is 2.25. The molecule has 1 heterocycles. The van der Waals surface area contributed by atoms with Crippen LogP contribution in [0.2, 0.25) is 0 Å². The second kappa shape index (κ2) is 6.33. The number of nitrogens with two attached hydrogens (primary N) is 1. The highest BCUT2D eigenvalue weighted by Crippen LogP contribution is 2.24. The molecule has 0 bridgehead atoms. The smallest absolute Gasteiger partial charge is 0.123 e. The molecule has 1 aromatic carbocycles. The summed E-state index contributed by atoms with van der Waals surface area (Å²) in [5.41, 5.74) is 8.83. The Morgan fingerprint density at radius 3 is 2.80 bits per heavy atom. The first-order valence-corrected chi connectivity index (χ1v) is 7.50. The number of hydrogen-bond donors (Lipinski definition) is 1. The Bertz CT molecular complexity index is 580. The molecule has 2 N–H and O–H groups in total. The number of thiazole rings is 1. The Labute approximate surface area is 123 Å². The highest BCUT2D eigenvalue weighted by Gasteiger charge is 2.12. The molecule has 5 heteroatoms. The van der Waals surface area contributed by atoms with E-state index in [0.717, 1.165) is 22.0 Å². The lowest BCUT2D eigenvalue weighted by molar-refractivity contribution is 0.622. The van der Waals surface area contributed by atoms with E-state index in [1.54, 1.807) is 17.4 Å². The summed E-state index contributed by atoms with van der Waals surface area (Å²) in [5, 5.41) is 3.11. The van der Waals surface area contributed by atoms with Gasteiger partial charge in [-0.15, -0.1) is 11.3 Å². The second-order valence-electron chi connectivity index (χ2n) is 5.17. The van der Waals surface area contributed by atoms with Gasteiger partial charge in [0, 0.05) is 24.2 Å². The van der Waals surface area contributed by atoms with Crippen molar-refractivity contribution in [3.05, 3.63) is 45.7 Å². The zero-order valence-corrected chi connectivity index (χ0v) is 12.9. The molecule has 2 rings (SSSR count). The number of halogens is 1. The van der Waals surface area contributed by atoms with Crippen LogP contribution in [-0.4, -0.2) is 18.1 Å². The number of anilines is 1. The van der Waals surface area contributed by atoms with Crippen LogP contribution in [0.5, 0.6) is 0 Å². The molecule has 0 saturated heterocycles. The van der Waals surface area contributed by atoms with Crippen molar-refractivity contribution in [1.82, 2.24) is 4.98 Å². The van der Waals surface area contributed by atoms with E-state index < -0.39 is 0 Å². The molecule has 0 spiro atoms. The average molecular weight is 293 g/mol. The fourth-order valence-corrected chi connectivity index (χ4v) is 2.85. The molecule has 20 heavy (non-hydrogen) atoms. The van der Waals surface area contributed by atoms with Crippen LogP contribution < -0.4 is 10.6 Å². The molecule has 2 aromatic rings. The third-order valence-corrected chi connectivity index (χ3v) is 3.88. The Kier molecular flexibility index (Phi) is 4.73. The van der Waals surface area contributed by atoms with E-state index in [-0.39, 0.29) is 11.9 Å². The molecular weight excluding hydrogens is 273 g/mol. The fraction of sp³-hybridized carbons (Fsp3) is 0.400. The molecule has 0 radical (unpaired) electrons. The monoisotopic (exact) mass is 293 g/mol. The highest BCUT2D eigenvalue weighted by molar-refractivity contribution is 7.09. The standard InChI is InChI=1S/C15H20FN3S/c1-10(17)6-12-7-13(16)4-5-15(12)19(3)8-14-9-20-11(2)18-14/h4-5,7,9-10H,6,8,17H2,1-3H3. The summed E-state index contributed by atoms with van der Waals surface area (Å²) in [6, 6.07) is 4.88. The van der Waals surface area contributed by atoms with Gasteiger partial charge in [-0.1, -0.05) is 0 Å². The molecule has 1 aromatic heterocycles. The summed E-state index contributed by atoms with van der Waals surface area (Å²) < 4.78 is 13.4. The van der Waals surface area contributed by atoms with Gasteiger partial charge in [-0.25, -0.2) is 9.37 Å². The van der Waals surface area contributed by atoms with Gasteiger partial charge in [0.1, 0.15) is 5.82 Å². The first kappa shape index (κ1) is 14.9. The van der Waals surface area contributed by atoms with Crippen molar-refractivity contribution in [1.29, 1.82) is 0 Å². The second-order valence-corrected chi connectivity index (χ2v) is 6.23. The molecule has 108 valence electrons. The summed E-state index contributed by atoms with van der Waals surface area (Å²) >= 11 is 1.64. The zero-order chi connectivity index (χ0) is 14.7. The molecule has 0 aliphatic rings. The molecule has 0 aliphatic carbocycles. The van der Waals surface area contributed by atoms with Gasteiger partial charge < -0.3 is 10.6 Å². The lowest BCUT2D eigenvalue weighted by atomic mass is 10.0. The van der Waals surface area contributed by atoms with Crippen LogP contribution in [-0.2, 0) is 13.0 Å². The maximum absolute atomic E-state index is 13.4. The Balaban J connectivity index is 2.21. The van der Waals surface area contributed by atoms with Crippen LogP contribution in [0.15, 0.2) is 23.6 Å². The van der Waals surface area contributed by atoms with Crippen molar-refractivity contribution in [3.63, 3.8) is 0 Å². The van der Waals surface area contributed by atoms with Crippen LogP contribution >= 0.6 is 11.3 Å². The lowest BCUT2D eigenvalue weighted by Crippen LogP contribution is -2.22. The molecule has 1 unspecified atom stereocenters. The zero-order valence-electron chi connectivity index (χ0n) is 12.1. The lowest BCUT2D eigenvalue weighted by Gasteiger charge is -2.22. The minimum absolute atomic E-state index is 0.00506. The highest BCUT2D eigenvalue weighted by atomic mass is 32.1. The van der Waals surface area contributed by atoms with Gasteiger partial charge in [-0.05, 0) is 44.0 Å². The maximum Gasteiger partial charge on any atom is 0.123 e. The maximum atomic E-state index is 13.4. The van der Waals surface area contributed by atoms with Crippen molar-refractivity contribution in [3.8, 4) is 0 Å². The summed E-state index contributed by atoms with van der Waals surface area (Å²) in [7, 11) is 1.99. The van der Waals surface area contributed by atoms with Crippen LogP contribution in [0.4, 0.5) is 10.1 Å². The van der Waals surface area contributed by atoms with Gasteiger partial charge in [-0.3, -0.25) is 0 Å². The van der Waals surface area contributed by atoms with Crippen LogP contribution in [0.1, 0.15) is 23.2 Å². The number of aryl methyl sites for hydroxylation is 1. The molecular formula is C15H20FN3S. The number of benzene rings is 1. The van der Waals surface area contributed by atoms with Crippen molar-refractivity contribution in [2.45, 2.75) is 32.9 Å². The summed E-state index contributed by atoms with van der Waals surface area (Å²) in [6.45, 7) is 4.63. The van der Waals surface area contributed by atoms with Crippen LogP contribution in [0, 0.1) is 12.7 Å². The van der Waals surface area contributed by atoms with Crippen LogP contribution in [0.25, 0.3) is 0 Å². The summed E-state index contributed by atoms with van der Waals surface area (Å²) in [6.07, 6.45) is 0.660. The first-order valence-electron chi connectivity index (χ1n) is 6.62. The van der Waals surface area contributed by atoms with E-state index in [9.17, 15) is 4.39 Å². The molecule has 0 amide bonds. The van der Waals surface area contributed by atoms with E-state index >= 15 is 0 Å². The SMILES string of the molecule is Cc1nc(CN(C)c2ccc(F)cc2CC(C)N)cs1. The molecule has 3 nitrogen and oxygen atoms in total. The van der Waals surface area contributed by atoms with Gasteiger partial charge in [0.2, 0.25) is 0 Å². The molecule has 1 atom stereocenters. The topological polar surface area (TPSA) is 42.2 Å². The minimum atomic E-state index is -0.220. The van der Waals surface area contributed by atoms with Gasteiger partial charge in [0.15, 0.2) is 0 Å². The Morgan fingerprint density at radius 1 is 1.45 bits per heavy atom. The number of hydrogen-bond acceptors (Lipinski definition) is 4. The van der Waals surface area contributed by atoms with Crippen molar-refractivity contribution < 1.29 is 4.39 Å². The molecule has 0 saturated carbocycles. The summed E-state index contributed by atoms with van der Waals surface area (Å²) in [4.78, 5) is 6.55.